The van der Waals surface area contributed by atoms with Crippen molar-refractivity contribution in [3.63, 3.8) is 0 Å². The van der Waals surface area contributed by atoms with Crippen molar-refractivity contribution in [2.75, 3.05) is 13.2 Å². The number of carbonyl (C=O) groups is 4. The first-order valence-electron chi connectivity index (χ1n) is 12.8. The standard InChI is InChI=1S/C27H41NO11/c1-9-26(5,6)38-24(31)36-20-13-12-18(15-21(20)37-25(32)39-27(7,8)10-2)14-19(28)22(29)34-16-17(4)35-23(30)33-11-3/h12-13,15,17,19H,9-11,14,16,28H2,1-8H3/t17-,19-/m0/s1. The summed E-state index contributed by atoms with van der Waals surface area (Å²) in [5, 5.41) is 0. The summed E-state index contributed by atoms with van der Waals surface area (Å²) in [6.07, 6.45) is -2.54. The summed E-state index contributed by atoms with van der Waals surface area (Å²) in [6, 6.07) is 3.23. The van der Waals surface area contributed by atoms with E-state index in [-0.39, 0.29) is 31.1 Å². The van der Waals surface area contributed by atoms with Gasteiger partial charge < -0.3 is 38.9 Å². The molecule has 1 aromatic carbocycles. The highest BCUT2D eigenvalue weighted by Crippen LogP contribution is 2.31. The van der Waals surface area contributed by atoms with E-state index in [0.29, 0.717) is 18.4 Å². The molecule has 2 atom stereocenters. The first-order chi connectivity index (χ1) is 18.1. The first-order valence-corrected chi connectivity index (χ1v) is 12.8. The number of hydrogen-bond donors (Lipinski definition) is 1. The molecule has 0 aromatic heterocycles. The van der Waals surface area contributed by atoms with Crippen molar-refractivity contribution in [1.82, 2.24) is 0 Å². The van der Waals surface area contributed by atoms with Gasteiger partial charge in [-0.2, -0.15) is 0 Å². The van der Waals surface area contributed by atoms with Gasteiger partial charge >= 0.3 is 24.4 Å². The van der Waals surface area contributed by atoms with E-state index in [9.17, 15) is 19.2 Å². The molecule has 0 fully saturated rings. The predicted octanol–water partition coefficient (Wildman–Crippen LogP) is 5.07. The molecule has 0 aliphatic heterocycles. The Bertz CT molecular complexity index is 990. The fourth-order valence-corrected chi connectivity index (χ4v) is 2.65. The van der Waals surface area contributed by atoms with Crippen LogP contribution in [0.1, 0.15) is 73.8 Å². The molecule has 2 N–H and O–H groups in total. The third-order valence-corrected chi connectivity index (χ3v) is 5.60. The lowest BCUT2D eigenvalue weighted by atomic mass is 10.1. The molecular formula is C27H41NO11. The third kappa shape index (κ3) is 12.7. The van der Waals surface area contributed by atoms with E-state index in [4.69, 9.17) is 34.2 Å². The number of benzene rings is 1. The van der Waals surface area contributed by atoms with Gasteiger partial charge in [-0.05, 0) is 78.5 Å². The number of esters is 1. The second-order valence-electron chi connectivity index (χ2n) is 9.97. The maximum Gasteiger partial charge on any atom is 0.514 e. The summed E-state index contributed by atoms with van der Waals surface area (Å²) in [5.74, 6) is -0.970. The average Bonchev–Trinajstić information content (AvgIpc) is 2.83. The number of nitrogens with two attached hydrogens (primary N) is 1. The number of carbonyl (C=O) groups excluding carboxylic acids is 4. The van der Waals surface area contributed by atoms with Crippen molar-refractivity contribution < 1.29 is 52.3 Å². The first kappa shape index (κ1) is 33.5. The van der Waals surface area contributed by atoms with Crippen LogP contribution in [-0.2, 0) is 34.9 Å². The molecule has 0 spiro atoms. The van der Waals surface area contributed by atoms with Crippen molar-refractivity contribution in [1.29, 1.82) is 0 Å². The van der Waals surface area contributed by atoms with Crippen LogP contribution in [0, 0.1) is 0 Å². The monoisotopic (exact) mass is 555 g/mol. The molecule has 1 rings (SSSR count). The molecule has 220 valence electrons. The smallest absolute Gasteiger partial charge is 0.461 e. The normalized spacial score (nSPS) is 12.9. The maximum absolute atomic E-state index is 12.4. The van der Waals surface area contributed by atoms with Crippen LogP contribution < -0.4 is 15.2 Å². The van der Waals surface area contributed by atoms with Gasteiger partial charge in [0.25, 0.3) is 0 Å². The van der Waals surface area contributed by atoms with E-state index in [1.54, 1.807) is 40.7 Å². The van der Waals surface area contributed by atoms with E-state index in [2.05, 4.69) is 4.74 Å². The molecule has 0 aliphatic rings. The Hall–Kier alpha value is -3.54. The summed E-state index contributed by atoms with van der Waals surface area (Å²) in [6.45, 7) is 13.7. The van der Waals surface area contributed by atoms with E-state index in [0.717, 1.165) is 0 Å². The van der Waals surface area contributed by atoms with Crippen LogP contribution in [0.25, 0.3) is 0 Å². The third-order valence-electron chi connectivity index (χ3n) is 5.60. The fraction of sp³-hybridized carbons (Fsp3) is 0.630. The Labute approximate surface area is 229 Å². The Morgan fingerprint density at radius 2 is 1.36 bits per heavy atom. The summed E-state index contributed by atoms with van der Waals surface area (Å²) in [7, 11) is 0. The van der Waals surface area contributed by atoms with Gasteiger partial charge in [0, 0.05) is 0 Å². The fourth-order valence-electron chi connectivity index (χ4n) is 2.65. The zero-order valence-corrected chi connectivity index (χ0v) is 24.0. The van der Waals surface area contributed by atoms with Crippen molar-refractivity contribution in [2.45, 2.75) is 98.0 Å². The lowest BCUT2D eigenvalue weighted by Gasteiger charge is -2.24. The lowest BCUT2D eigenvalue weighted by molar-refractivity contribution is -0.148. The zero-order chi connectivity index (χ0) is 29.8. The highest BCUT2D eigenvalue weighted by atomic mass is 16.8. The van der Waals surface area contributed by atoms with Gasteiger partial charge in [-0.15, -0.1) is 0 Å². The maximum atomic E-state index is 12.4. The van der Waals surface area contributed by atoms with Crippen molar-refractivity contribution in [2.24, 2.45) is 5.73 Å². The van der Waals surface area contributed by atoms with Gasteiger partial charge in [0.1, 0.15) is 30.0 Å². The highest BCUT2D eigenvalue weighted by Gasteiger charge is 2.26. The molecule has 0 saturated heterocycles. The summed E-state index contributed by atoms with van der Waals surface area (Å²) >= 11 is 0. The number of ether oxygens (including phenoxy) is 7. The summed E-state index contributed by atoms with van der Waals surface area (Å²) < 4.78 is 36.0. The van der Waals surface area contributed by atoms with Crippen molar-refractivity contribution >= 4 is 24.4 Å². The van der Waals surface area contributed by atoms with Gasteiger partial charge in [0.05, 0.1) is 6.61 Å². The quantitative estimate of drug-likeness (QED) is 0.196. The van der Waals surface area contributed by atoms with Crippen LogP contribution in [0.15, 0.2) is 18.2 Å². The lowest BCUT2D eigenvalue weighted by Crippen LogP contribution is -2.36. The van der Waals surface area contributed by atoms with Gasteiger partial charge in [-0.1, -0.05) is 19.9 Å². The molecular weight excluding hydrogens is 514 g/mol. The Morgan fingerprint density at radius 3 is 1.87 bits per heavy atom. The summed E-state index contributed by atoms with van der Waals surface area (Å²) in [5.41, 5.74) is 4.91. The van der Waals surface area contributed by atoms with Crippen LogP contribution in [0.2, 0.25) is 0 Å². The van der Waals surface area contributed by atoms with Gasteiger partial charge in [-0.25, -0.2) is 14.4 Å². The van der Waals surface area contributed by atoms with Gasteiger partial charge in [0.15, 0.2) is 11.5 Å². The molecule has 12 heteroatoms. The molecule has 0 heterocycles. The van der Waals surface area contributed by atoms with Crippen molar-refractivity contribution in [3.05, 3.63) is 23.8 Å². The highest BCUT2D eigenvalue weighted by molar-refractivity contribution is 5.76. The van der Waals surface area contributed by atoms with Crippen LogP contribution in [0.3, 0.4) is 0 Å². The van der Waals surface area contributed by atoms with Gasteiger partial charge in [0.2, 0.25) is 0 Å². The van der Waals surface area contributed by atoms with Crippen LogP contribution in [0.4, 0.5) is 14.4 Å². The Morgan fingerprint density at radius 1 is 0.821 bits per heavy atom. The minimum Gasteiger partial charge on any atom is -0.461 e. The van der Waals surface area contributed by atoms with Crippen molar-refractivity contribution in [3.8, 4) is 11.5 Å². The SMILES string of the molecule is CCOC(=O)O[C@@H](C)COC(=O)[C@@H](N)Cc1ccc(OC(=O)OC(C)(C)CC)c(OC(=O)OC(C)(C)CC)c1. The predicted molar refractivity (Wildman–Crippen MR) is 140 cm³/mol. The molecule has 0 saturated carbocycles. The van der Waals surface area contributed by atoms with E-state index in [1.165, 1.54) is 19.1 Å². The Balaban J connectivity index is 2.99. The van der Waals surface area contributed by atoms with E-state index >= 15 is 0 Å². The molecule has 0 aliphatic carbocycles. The zero-order valence-electron chi connectivity index (χ0n) is 24.0. The molecule has 0 bridgehead atoms. The Kier molecular flexibility index (Phi) is 13.0. The number of rotatable bonds is 13. The molecule has 1 aromatic rings. The second kappa shape index (κ2) is 15.2. The molecule has 0 unspecified atom stereocenters. The number of hydrogen-bond acceptors (Lipinski definition) is 12. The van der Waals surface area contributed by atoms with Gasteiger partial charge in [-0.3, -0.25) is 4.79 Å². The minimum absolute atomic E-state index is 0.00853. The molecule has 0 amide bonds. The topological polar surface area (TPSA) is 159 Å². The van der Waals surface area contributed by atoms with Crippen LogP contribution in [-0.4, -0.2) is 61.0 Å². The average molecular weight is 556 g/mol. The second-order valence-corrected chi connectivity index (χ2v) is 9.97. The largest absolute Gasteiger partial charge is 0.514 e. The molecule has 12 nitrogen and oxygen atoms in total. The van der Waals surface area contributed by atoms with Crippen LogP contribution >= 0.6 is 0 Å². The molecule has 39 heavy (non-hydrogen) atoms. The van der Waals surface area contributed by atoms with Crippen LogP contribution in [0.5, 0.6) is 11.5 Å². The van der Waals surface area contributed by atoms with E-state index in [1.807, 2.05) is 13.8 Å². The summed E-state index contributed by atoms with van der Waals surface area (Å²) in [4.78, 5) is 48.5. The molecule has 0 radical (unpaired) electrons. The minimum atomic E-state index is -1.10. The van der Waals surface area contributed by atoms with E-state index < -0.39 is 47.8 Å².